The quantitative estimate of drug-likeness (QED) is 0.207. The van der Waals surface area contributed by atoms with E-state index >= 15 is 0 Å². The molecule has 1 N–H and O–H groups in total. The van der Waals surface area contributed by atoms with Crippen LogP contribution in [-0.2, 0) is 0 Å². The number of ketones is 1. The van der Waals surface area contributed by atoms with Crippen LogP contribution in [0.3, 0.4) is 0 Å². The monoisotopic (exact) mass is 599 g/mol. The van der Waals surface area contributed by atoms with Crippen molar-refractivity contribution in [2.75, 3.05) is 0 Å². The molecule has 0 aliphatic rings. The smallest absolute Gasteiger partial charge is 0.254 e. The molecule has 0 saturated carbocycles. The fourth-order valence-electron chi connectivity index (χ4n) is 4.78. The molecule has 0 spiro atoms. The van der Waals surface area contributed by atoms with Gasteiger partial charge in [0.05, 0.1) is 0 Å². The van der Waals surface area contributed by atoms with E-state index in [-0.39, 0.29) is 11.7 Å². The van der Waals surface area contributed by atoms with Crippen molar-refractivity contribution in [3.63, 3.8) is 0 Å². The van der Waals surface area contributed by atoms with Gasteiger partial charge >= 0.3 is 0 Å². The van der Waals surface area contributed by atoms with Gasteiger partial charge in [-0.3, -0.25) is 9.59 Å². The fourth-order valence-corrected chi connectivity index (χ4v) is 9.31. The van der Waals surface area contributed by atoms with E-state index in [2.05, 4.69) is 41.7 Å². The van der Waals surface area contributed by atoms with Crippen molar-refractivity contribution in [2.45, 2.75) is 5.78 Å². The maximum absolute atomic E-state index is 14.5. The molecule has 0 aliphatic carbocycles. The molecule has 212 valence electrons. The van der Waals surface area contributed by atoms with Gasteiger partial charge in [0.1, 0.15) is 23.2 Å². The highest BCUT2D eigenvalue weighted by Gasteiger charge is 2.56. The lowest BCUT2D eigenvalue weighted by atomic mass is 10.1. The van der Waals surface area contributed by atoms with Gasteiger partial charge in [-0.25, -0.2) is 18.6 Å². The molecule has 0 fully saturated rings. The number of amides is 1. The van der Waals surface area contributed by atoms with Crippen LogP contribution in [0, 0.1) is 10.2 Å². The number of rotatable bonds is 8. The maximum Gasteiger partial charge on any atom is 0.254 e. The SMILES string of the molecule is O=C(NC(C(=O)c1ccccc1)[P+](c1ccccc1)(c1ccccc1)c1ccccc1)c1ccccc1.[O-][Cl+3]([O-])([O-])[O-]. The van der Waals surface area contributed by atoms with Gasteiger partial charge in [-0.05, 0) is 48.5 Å². The van der Waals surface area contributed by atoms with E-state index < -0.39 is 23.3 Å². The third-order valence-electron chi connectivity index (χ3n) is 6.49. The number of Topliss-reactive ketones (excluding diaryl/α,β-unsaturated/α-hetero) is 1. The average Bonchev–Trinajstić information content (AvgIpc) is 3.02. The Bertz CT molecular complexity index is 1470. The normalized spacial score (nSPS) is 11.9. The van der Waals surface area contributed by atoms with E-state index in [9.17, 15) is 9.59 Å². The van der Waals surface area contributed by atoms with Crippen LogP contribution < -0.4 is 39.9 Å². The molecule has 0 saturated heterocycles. The molecule has 1 unspecified atom stereocenters. The second-order valence-electron chi connectivity index (χ2n) is 9.08. The zero-order valence-electron chi connectivity index (χ0n) is 22.3. The first kappa shape index (κ1) is 30.8. The Hall–Kier alpha value is -4.20. The van der Waals surface area contributed by atoms with Crippen molar-refractivity contribution in [1.82, 2.24) is 5.32 Å². The molecular weight excluding hydrogens is 573 g/mol. The summed E-state index contributed by atoms with van der Waals surface area (Å²) in [7, 11) is -7.69. The van der Waals surface area contributed by atoms with Gasteiger partial charge in [-0.1, -0.05) is 103 Å². The van der Waals surface area contributed by atoms with Crippen LogP contribution in [0.1, 0.15) is 20.7 Å². The molecule has 0 radical (unpaired) electrons. The van der Waals surface area contributed by atoms with Crippen molar-refractivity contribution in [3.8, 4) is 0 Å². The summed E-state index contributed by atoms with van der Waals surface area (Å²) >= 11 is 0. The van der Waals surface area contributed by atoms with Crippen molar-refractivity contribution in [3.05, 3.63) is 163 Å². The molecule has 9 heteroatoms. The van der Waals surface area contributed by atoms with E-state index in [1.807, 2.05) is 103 Å². The fraction of sp³-hybridized carbons (Fsp3) is 0.0303. The van der Waals surface area contributed by atoms with E-state index in [0.29, 0.717) is 11.1 Å². The second kappa shape index (κ2) is 14.1. The van der Waals surface area contributed by atoms with Gasteiger partial charge < -0.3 is 5.32 Å². The zero-order valence-corrected chi connectivity index (χ0v) is 23.9. The molecule has 0 aromatic heterocycles. The van der Waals surface area contributed by atoms with E-state index in [0.717, 1.165) is 15.9 Å². The van der Waals surface area contributed by atoms with Crippen LogP contribution in [0.25, 0.3) is 0 Å². The number of benzene rings is 5. The van der Waals surface area contributed by atoms with Crippen molar-refractivity contribution >= 4 is 34.9 Å². The maximum atomic E-state index is 14.5. The predicted octanol–water partition coefficient (Wildman–Crippen LogP) is 0.863. The highest BCUT2D eigenvalue weighted by atomic mass is 35.7. The Morgan fingerprint density at radius 2 is 0.786 bits per heavy atom. The molecular formula is C33H27ClNO6P. The Morgan fingerprint density at radius 1 is 0.500 bits per heavy atom. The molecule has 42 heavy (non-hydrogen) atoms. The van der Waals surface area contributed by atoms with Gasteiger partial charge in [0.15, 0.2) is 0 Å². The molecule has 5 aromatic carbocycles. The summed E-state index contributed by atoms with van der Waals surface area (Å²) in [6.45, 7) is 0. The van der Waals surface area contributed by atoms with E-state index in [1.54, 1.807) is 12.1 Å². The third kappa shape index (κ3) is 7.55. The second-order valence-corrected chi connectivity index (χ2v) is 13.3. The van der Waals surface area contributed by atoms with Crippen LogP contribution in [-0.4, -0.2) is 17.5 Å². The first-order valence-electron chi connectivity index (χ1n) is 12.8. The lowest BCUT2D eigenvalue weighted by molar-refractivity contribution is -2.00. The van der Waals surface area contributed by atoms with Gasteiger partial charge in [-0.15, -0.1) is 10.2 Å². The van der Waals surface area contributed by atoms with Gasteiger partial charge in [-0.2, -0.15) is 0 Å². The summed E-state index contributed by atoms with van der Waals surface area (Å²) in [5.41, 5.74) is 1.08. The van der Waals surface area contributed by atoms with E-state index in [4.69, 9.17) is 18.6 Å². The summed E-state index contributed by atoms with van der Waals surface area (Å²) in [6.07, 6.45) is 0. The minimum Gasteiger partial charge on any atom is -0.310 e. The minimum atomic E-state index is -4.94. The lowest BCUT2D eigenvalue weighted by Crippen LogP contribution is -2.68. The predicted molar refractivity (Wildman–Crippen MR) is 154 cm³/mol. The summed E-state index contributed by atoms with van der Waals surface area (Å²) in [6, 6.07) is 48.7. The molecule has 0 aliphatic heterocycles. The highest BCUT2D eigenvalue weighted by molar-refractivity contribution is 7.96. The Morgan fingerprint density at radius 3 is 1.12 bits per heavy atom. The largest absolute Gasteiger partial charge is 0.310 e. The molecule has 7 nitrogen and oxygen atoms in total. The standard InChI is InChI=1S/C33H26NO2P.ClHO4/c35-31(26-16-6-1-7-17-26)33(34-32(36)27-18-8-2-9-19-27)37(28-20-10-3-11-21-28,29-22-12-4-13-23-29)30-24-14-5-15-25-30;2-1(3,4)5/h1-25,33H;(H,2,3,4,5). The number of carbonyl (C=O) groups excluding carboxylic acids is 2. The van der Waals surface area contributed by atoms with Crippen molar-refractivity contribution in [2.24, 2.45) is 0 Å². The van der Waals surface area contributed by atoms with E-state index in [1.165, 1.54) is 0 Å². The van der Waals surface area contributed by atoms with Crippen LogP contribution in [0.2, 0.25) is 0 Å². The number of nitrogens with one attached hydrogen (secondary N) is 1. The van der Waals surface area contributed by atoms with Crippen molar-refractivity contribution < 1.29 is 38.5 Å². The number of halogens is 1. The van der Waals surface area contributed by atoms with Crippen LogP contribution in [0.5, 0.6) is 0 Å². The minimum absolute atomic E-state index is 0.116. The van der Waals surface area contributed by atoms with Gasteiger partial charge in [0.25, 0.3) is 5.91 Å². The molecule has 5 aromatic rings. The van der Waals surface area contributed by atoms with Gasteiger partial charge in [0.2, 0.25) is 11.6 Å². The average molecular weight is 600 g/mol. The van der Waals surface area contributed by atoms with Crippen LogP contribution in [0.4, 0.5) is 0 Å². The number of hydrogen-bond donors (Lipinski definition) is 1. The first-order valence-corrected chi connectivity index (χ1v) is 15.9. The number of hydrogen-bond acceptors (Lipinski definition) is 6. The molecule has 1 amide bonds. The first-order chi connectivity index (χ1) is 20.2. The Labute approximate surface area is 246 Å². The van der Waals surface area contributed by atoms with Gasteiger partial charge in [0, 0.05) is 11.1 Å². The number of carbonyl (C=O) groups is 2. The Kier molecular flexibility index (Phi) is 10.3. The Balaban J connectivity index is 0.000000748. The molecule has 0 bridgehead atoms. The topological polar surface area (TPSA) is 138 Å². The zero-order chi connectivity index (χ0) is 30.0. The third-order valence-corrected chi connectivity index (χ3v) is 11.0. The summed E-state index contributed by atoms with van der Waals surface area (Å²) in [4.78, 5) is 28.2. The molecule has 0 heterocycles. The van der Waals surface area contributed by atoms with Crippen LogP contribution >= 0.6 is 7.26 Å². The summed E-state index contributed by atoms with van der Waals surface area (Å²) in [5.74, 6) is -1.22. The highest BCUT2D eigenvalue weighted by Crippen LogP contribution is 2.59. The lowest BCUT2D eigenvalue weighted by Gasteiger charge is -2.34. The molecule has 5 rings (SSSR count). The van der Waals surface area contributed by atoms with Crippen LogP contribution in [0.15, 0.2) is 152 Å². The van der Waals surface area contributed by atoms with Crippen molar-refractivity contribution in [1.29, 1.82) is 0 Å². The summed E-state index contributed by atoms with van der Waals surface area (Å²) in [5, 5.41) is 6.30. The summed E-state index contributed by atoms with van der Waals surface area (Å²) < 4.78 is 34.0. The molecule has 1 atom stereocenters.